The number of methoxy groups -OCH3 is 1. The zero-order valence-electron chi connectivity index (χ0n) is 13.2. The first-order chi connectivity index (χ1) is 11.7. The van der Waals surface area contributed by atoms with E-state index in [9.17, 15) is 9.90 Å². The van der Waals surface area contributed by atoms with Crippen molar-refractivity contribution < 1.29 is 14.6 Å². The molecular weight excluding hydrogens is 306 g/mol. The third-order valence-corrected chi connectivity index (χ3v) is 3.61. The molecule has 2 aromatic carbocycles. The second-order valence-electron chi connectivity index (χ2n) is 5.18. The third kappa shape index (κ3) is 3.18. The van der Waals surface area contributed by atoms with Crippen LogP contribution in [0.2, 0.25) is 0 Å². The van der Waals surface area contributed by atoms with Gasteiger partial charge in [-0.2, -0.15) is 5.10 Å². The fraction of sp³-hybridized carbons (Fsp3) is 0.167. The lowest BCUT2D eigenvalue weighted by molar-refractivity contribution is 0.112. The maximum absolute atomic E-state index is 11.0. The molecule has 1 N–H and O–H groups in total. The molecular formula is C18H17N3O3. The van der Waals surface area contributed by atoms with Crippen LogP contribution in [-0.2, 0) is 6.54 Å². The molecule has 122 valence electrons. The van der Waals surface area contributed by atoms with Crippen LogP contribution in [0.25, 0.3) is 22.8 Å². The molecule has 0 aliphatic carbocycles. The van der Waals surface area contributed by atoms with Gasteiger partial charge in [-0.1, -0.05) is 18.2 Å². The number of carbonyl (C=O) groups is 1. The Kier molecular flexibility index (Phi) is 4.67. The molecule has 0 saturated carbocycles. The van der Waals surface area contributed by atoms with Crippen LogP contribution in [0.15, 0.2) is 48.5 Å². The van der Waals surface area contributed by atoms with Crippen LogP contribution in [0.3, 0.4) is 0 Å². The van der Waals surface area contributed by atoms with Crippen molar-refractivity contribution in [1.82, 2.24) is 14.8 Å². The lowest BCUT2D eigenvalue weighted by Gasteiger charge is -2.04. The molecule has 0 aliphatic rings. The summed E-state index contributed by atoms with van der Waals surface area (Å²) in [4.78, 5) is 15.5. The van der Waals surface area contributed by atoms with Gasteiger partial charge in [0.2, 0.25) is 0 Å². The Morgan fingerprint density at radius 3 is 2.62 bits per heavy atom. The van der Waals surface area contributed by atoms with Crippen LogP contribution in [0.4, 0.5) is 0 Å². The van der Waals surface area contributed by atoms with Crippen LogP contribution >= 0.6 is 0 Å². The van der Waals surface area contributed by atoms with E-state index >= 15 is 0 Å². The van der Waals surface area contributed by atoms with Crippen molar-refractivity contribution in [2.45, 2.75) is 6.54 Å². The van der Waals surface area contributed by atoms with Gasteiger partial charge in [0.15, 0.2) is 11.6 Å². The molecule has 6 nitrogen and oxygen atoms in total. The number of aliphatic hydroxyl groups is 1. The Hall–Kier alpha value is -2.99. The van der Waals surface area contributed by atoms with E-state index in [1.54, 1.807) is 30.0 Å². The number of carbonyl (C=O) groups excluding carboxylic acids is 1. The molecule has 0 radical (unpaired) electrons. The summed E-state index contributed by atoms with van der Waals surface area (Å²) in [6.45, 7) is 0.294. The summed E-state index contributed by atoms with van der Waals surface area (Å²) in [6.07, 6.45) is 0.790. The van der Waals surface area contributed by atoms with Gasteiger partial charge in [0.25, 0.3) is 0 Å². The normalized spacial score (nSPS) is 10.6. The van der Waals surface area contributed by atoms with Gasteiger partial charge in [-0.3, -0.25) is 4.79 Å². The zero-order chi connectivity index (χ0) is 16.9. The van der Waals surface area contributed by atoms with E-state index in [-0.39, 0.29) is 6.61 Å². The van der Waals surface area contributed by atoms with Gasteiger partial charge in [0, 0.05) is 16.7 Å². The summed E-state index contributed by atoms with van der Waals surface area (Å²) < 4.78 is 6.82. The SMILES string of the molecule is COc1ccc(-c2nc(-c3cccc(C=O)c3)nn2CCO)cc1. The smallest absolute Gasteiger partial charge is 0.181 e. The number of hydrogen-bond donors (Lipinski definition) is 1. The number of aldehydes is 1. The minimum Gasteiger partial charge on any atom is -0.497 e. The monoisotopic (exact) mass is 323 g/mol. The van der Waals surface area contributed by atoms with Crippen molar-refractivity contribution in [2.75, 3.05) is 13.7 Å². The second-order valence-corrected chi connectivity index (χ2v) is 5.18. The molecule has 0 fully saturated rings. The molecule has 0 amide bonds. The average Bonchev–Trinajstić information content (AvgIpc) is 3.06. The molecule has 0 aliphatic heterocycles. The number of hydrogen-bond acceptors (Lipinski definition) is 5. The Bertz CT molecular complexity index is 841. The topological polar surface area (TPSA) is 77.2 Å². The highest BCUT2D eigenvalue weighted by atomic mass is 16.5. The van der Waals surface area contributed by atoms with Gasteiger partial charge in [0.05, 0.1) is 20.3 Å². The summed E-state index contributed by atoms with van der Waals surface area (Å²) in [5.74, 6) is 1.92. The van der Waals surface area contributed by atoms with Crippen molar-refractivity contribution in [3.8, 4) is 28.5 Å². The van der Waals surface area contributed by atoms with Crippen molar-refractivity contribution in [3.05, 3.63) is 54.1 Å². The minimum atomic E-state index is -0.0413. The zero-order valence-corrected chi connectivity index (χ0v) is 13.2. The summed E-state index contributed by atoms with van der Waals surface area (Å²) in [5.41, 5.74) is 2.19. The molecule has 3 aromatic rings. The van der Waals surface area contributed by atoms with Crippen LogP contribution < -0.4 is 4.74 Å². The predicted octanol–water partition coefficient (Wildman–Crippen LogP) is 2.43. The molecule has 0 bridgehead atoms. The van der Waals surface area contributed by atoms with Crippen molar-refractivity contribution in [1.29, 1.82) is 0 Å². The third-order valence-electron chi connectivity index (χ3n) is 3.61. The fourth-order valence-electron chi connectivity index (χ4n) is 2.42. The molecule has 3 rings (SSSR count). The van der Waals surface area contributed by atoms with E-state index < -0.39 is 0 Å². The number of rotatable bonds is 6. The Labute approximate surface area is 139 Å². The minimum absolute atomic E-state index is 0.0413. The highest BCUT2D eigenvalue weighted by Crippen LogP contribution is 2.24. The Morgan fingerprint density at radius 2 is 1.96 bits per heavy atom. The summed E-state index contributed by atoms with van der Waals surface area (Å²) in [7, 11) is 1.61. The van der Waals surface area contributed by atoms with Crippen LogP contribution in [0, 0.1) is 0 Å². The van der Waals surface area contributed by atoms with Gasteiger partial charge >= 0.3 is 0 Å². The van der Waals surface area contributed by atoms with Gasteiger partial charge in [0.1, 0.15) is 12.0 Å². The van der Waals surface area contributed by atoms with Crippen LogP contribution in [0.5, 0.6) is 5.75 Å². The lowest BCUT2D eigenvalue weighted by atomic mass is 10.1. The maximum Gasteiger partial charge on any atom is 0.181 e. The molecule has 0 spiro atoms. The molecule has 1 heterocycles. The Balaban J connectivity index is 2.04. The van der Waals surface area contributed by atoms with E-state index in [0.717, 1.165) is 23.2 Å². The Morgan fingerprint density at radius 1 is 1.17 bits per heavy atom. The molecule has 6 heteroatoms. The summed E-state index contributed by atoms with van der Waals surface area (Å²) >= 11 is 0. The number of nitrogens with zero attached hydrogens (tertiary/aromatic N) is 3. The van der Waals surface area contributed by atoms with Crippen LogP contribution in [-0.4, -0.2) is 39.9 Å². The summed E-state index contributed by atoms with van der Waals surface area (Å²) in [5, 5.41) is 13.7. The van der Waals surface area contributed by atoms with Gasteiger partial charge in [-0.15, -0.1) is 0 Å². The molecule has 24 heavy (non-hydrogen) atoms. The highest BCUT2D eigenvalue weighted by molar-refractivity contribution is 5.77. The molecule has 0 unspecified atom stereocenters. The standard InChI is InChI=1S/C18H17N3O3/c1-24-16-7-5-14(6-8-16)18-19-17(20-21(18)9-10-22)15-4-2-3-13(11-15)12-23/h2-8,11-12,22H,9-10H2,1H3. The molecule has 0 atom stereocenters. The number of ether oxygens (including phenoxy) is 1. The molecule has 0 saturated heterocycles. The van der Waals surface area contributed by atoms with Crippen molar-refractivity contribution in [2.24, 2.45) is 0 Å². The second kappa shape index (κ2) is 7.06. The summed E-state index contributed by atoms with van der Waals surface area (Å²) in [6, 6.07) is 14.6. The quantitative estimate of drug-likeness (QED) is 0.705. The lowest BCUT2D eigenvalue weighted by Crippen LogP contribution is -2.06. The average molecular weight is 323 g/mol. The molecule has 1 aromatic heterocycles. The first kappa shape index (κ1) is 15.9. The number of benzene rings is 2. The van der Waals surface area contributed by atoms with Crippen molar-refractivity contribution in [3.63, 3.8) is 0 Å². The van der Waals surface area contributed by atoms with E-state index in [4.69, 9.17) is 4.74 Å². The first-order valence-corrected chi connectivity index (χ1v) is 7.51. The largest absolute Gasteiger partial charge is 0.497 e. The van der Waals surface area contributed by atoms with E-state index in [2.05, 4.69) is 10.1 Å². The predicted molar refractivity (Wildman–Crippen MR) is 89.9 cm³/mol. The van der Waals surface area contributed by atoms with Gasteiger partial charge in [-0.05, 0) is 30.3 Å². The number of aliphatic hydroxyl groups excluding tert-OH is 1. The van der Waals surface area contributed by atoms with Crippen molar-refractivity contribution >= 4 is 6.29 Å². The van der Waals surface area contributed by atoms with E-state index in [0.29, 0.717) is 23.8 Å². The van der Waals surface area contributed by atoms with Gasteiger partial charge in [-0.25, -0.2) is 9.67 Å². The maximum atomic E-state index is 11.0. The first-order valence-electron chi connectivity index (χ1n) is 7.51. The van der Waals surface area contributed by atoms with E-state index in [1.807, 2.05) is 30.3 Å². The van der Waals surface area contributed by atoms with E-state index in [1.165, 1.54) is 0 Å². The fourth-order valence-corrected chi connectivity index (χ4v) is 2.42. The van der Waals surface area contributed by atoms with Gasteiger partial charge < -0.3 is 9.84 Å². The van der Waals surface area contributed by atoms with Crippen LogP contribution in [0.1, 0.15) is 10.4 Å². The highest BCUT2D eigenvalue weighted by Gasteiger charge is 2.13. The number of aromatic nitrogens is 3.